The van der Waals surface area contributed by atoms with Crippen molar-refractivity contribution in [1.82, 2.24) is 5.32 Å². The first-order chi connectivity index (χ1) is 9.52. The summed E-state index contributed by atoms with van der Waals surface area (Å²) in [5.41, 5.74) is 1.77. The van der Waals surface area contributed by atoms with Gasteiger partial charge in [0.05, 0.1) is 0 Å². The molecule has 0 saturated heterocycles. The summed E-state index contributed by atoms with van der Waals surface area (Å²) in [4.78, 5) is 22.5. The molecule has 1 aromatic carbocycles. The molecule has 1 rings (SSSR count). The number of nitrogens with one attached hydrogen (secondary N) is 2. The van der Waals surface area contributed by atoms with Gasteiger partial charge in [-0.05, 0) is 23.6 Å². The number of anilines is 1. The van der Waals surface area contributed by atoms with E-state index in [4.69, 9.17) is 11.6 Å². The Morgan fingerprint density at radius 2 is 1.75 bits per heavy atom. The van der Waals surface area contributed by atoms with E-state index in [1.54, 1.807) is 12.1 Å². The van der Waals surface area contributed by atoms with Crippen LogP contribution in [-0.2, 0) is 0 Å². The first kappa shape index (κ1) is 16.1. The molecule has 0 aliphatic carbocycles. The minimum absolute atomic E-state index is 0.273. The minimum atomic E-state index is -0.705. The van der Waals surface area contributed by atoms with Crippen molar-refractivity contribution in [2.45, 2.75) is 19.8 Å². The molecule has 0 heterocycles. The van der Waals surface area contributed by atoms with Crippen LogP contribution < -0.4 is 10.6 Å². The largest absolute Gasteiger partial charge is 0.364 e. The monoisotopic (exact) mass is 296 g/mol. The van der Waals surface area contributed by atoms with Crippen LogP contribution in [0.25, 0.3) is 0 Å². The molecule has 0 aliphatic heterocycles. The molecule has 0 bridgehead atoms. The van der Waals surface area contributed by atoms with E-state index in [9.17, 15) is 9.59 Å². The maximum Gasteiger partial charge on any atom is 0.364 e. The Morgan fingerprint density at radius 1 is 1.15 bits per heavy atom. The molecule has 1 aromatic rings. The van der Waals surface area contributed by atoms with Crippen LogP contribution in [-0.4, -0.2) is 24.5 Å². The average molecular weight is 297 g/mol. The second kappa shape index (κ2) is 8.27. The molecule has 6 nitrogen and oxygen atoms in total. The standard InChI is InChI=1S/C13H17ClN4O2/c1-9(2)10-3-5-11(6-4-10)16-13(20)18-17-12(19)15-8-7-14/h3-6,9H,7-8H2,1-2H3,(H,15,19)(H,16,20)/b18-17+. The molecule has 0 saturated carbocycles. The summed E-state index contributed by atoms with van der Waals surface area (Å²) in [6.07, 6.45) is 0. The molecule has 0 radical (unpaired) electrons. The molecule has 2 N–H and O–H groups in total. The number of azo groups is 1. The van der Waals surface area contributed by atoms with Gasteiger partial charge >= 0.3 is 12.1 Å². The lowest BCUT2D eigenvalue weighted by molar-refractivity contribution is 0.245. The van der Waals surface area contributed by atoms with E-state index in [1.807, 2.05) is 12.1 Å². The van der Waals surface area contributed by atoms with E-state index in [2.05, 4.69) is 34.7 Å². The van der Waals surface area contributed by atoms with Crippen molar-refractivity contribution in [2.24, 2.45) is 10.2 Å². The SMILES string of the molecule is CC(C)c1ccc(NC(=O)/N=N/C(=O)NCCCl)cc1. The van der Waals surface area contributed by atoms with Crippen molar-refractivity contribution in [3.05, 3.63) is 29.8 Å². The van der Waals surface area contributed by atoms with Crippen LogP contribution in [0, 0.1) is 0 Å². The van der Waals surface area contributed by atoms with Crippen molar-refractivity contribution in [3.63, 3.8) is 0 Å². The molecule has 0 atom stereocenters. The zero-order valence-electron chi connectivity index (χ0n) is 11.4. The fourth-order valence-electron chi connectivity index (χ4n) is 1.38. The van der Waals surface area contributed by atoms with Gasteiger partial charge in [0.15, 0.2) is 0 Å². The number of nitrogens with zero attached hydrogens (tertiary/aromatic N) is 2. The lowest BCUT2D eigenvalue weighted by Crippen LogP contribution is -2.21. The Morgan fingerprint density at radius 3 is 2.30 bits per heavy atom. The van der Waals surface area contributed by atoms with Gasteiger partial charge in [-0.15, -0.1) is 11.6 Å². The predicted molar refractivity (Wildman–Crippen MR) is 78.5 cm³/mol. The molecule has 0 aliphatic rings. The van der Waals surface area contributed by atoms with Gasteiger partial charge in [-0.3, -0.25) is 0 Å². The van der Waals surface area contributed by atoms with E-state index in [-0.39, 0.29) is 12.4 Å². The van der Waals surface area contributed by atoms with Gasteiger partial charge in [0.2, 0.25) is 0 Å². The Kier molecular flexibility index (Phi) is 6.66. The molecule has 7 heteroatoms. The first-order valence-corrected chi connectivity index (χ1v) is 6.73. The van der Waals surface area contributed by atoms with Crippen molar-refractivity contribution in [3.8, 4) is 0 Å². The van der Waals surface area contributed by atoms with E-state index in [1.165, 1.54) is 5.56 Å². The Hall–Kier alpha value is -1.95. The molecule has 0 fully saturated rings. The highest BCUT2D eigenvalue weighted by atomic mass is 35.5. The van der Waals surface area contributed by atoms with Crippen LogP contribution >= 0.6 is 11.6 Å². The maximum absolute atomic E-state index is 11.4. The quantitative estimate of drug-likeness (QED) is 0.655. The van der Waals surface area contributed by atoms with Crippen molar-refractivity contribution in [2.75, 3.05) is 17.7 Å². The summed E-state index contributed by atoms with van der Waals surface area (Å²) in [7, 11) is 0. The number of hydrogen-bond acceptors (Lipinski definition) is 2. The third-order valence-corrected chi connectivity index (χ3v) is 2.62. The van der Waals surface area contributed by atoms with Gasteiger partial charge in [0.1, 0.15) is 0 Å². The average Bonchev–Trinajstić information content (AvgIpc) is 2.43. The van der Waals surface area contributed by atoms with Crippen LogP contribution in [0.1, 0.15) is 25.3 Å². The topological polar surface area (TPSA) is 82.9 Å². The van der Waals surface area contributed by atoms with Crippen LogP contribution in [0.2, 0.25) is 0 Å². The Labute approximate surface area is 122 Å². The number of alkyl halides is 1. The lowest BCUT2D eigenvalue weighted by Gasteiger charge is -2.06. The van der Waals surface area contributed by atoms with Gasteiger partial charge in [0, 0.05) is 18.1 Å². The second-order valence-electron chi connectivity index (χ2n) is 4.33. The van der Waals surface area contributed by atoms with Crippen molar-refractivity contribution >= 4 is 29.4 Å². The van der Waals surface area contributed by atoms with Gasteiger partial charge < -0.3 is 10.6 Å². The third-order valence-electron chi connectivity index (χ3n) is 2.43. The fourth-order valence-corrected chi connectivity index (χ4v) is 1.47. The van der Waals surface area contributed by atoms with Crippen molar-refractivity contribution in [1.29, 1.82) is 0 Å². The number of amides is 4. The van der Waals surface area contributed by atoms with Gasteiger partial charge in [-0.25, -0.2) is 9.59 Å². The molecule has 4 amide bonds. The molecule has 0 spiro atoms. The summed E-state index contributed by atoms with van der Waals surface area (Å²) in [6, 6.07) is 5.99. The number of halogens is 1. The second-order valence-corrected chi connectivity index (χ2v) is 4.71. The van der Waals surface area contributed by atoms with Crippen molar-refractivity contribution < 1.29 is 9.59 Å². The normalized spacial score (nSPS) is 10.8. The molecule has 0 aromatic heterocycles. The predicted octanol–water partition coefficient (Wildman–Crippen LogP) is 3.74. The first-order valence-electron chi connectivity index (χ1n) is 6.19. The van der Waals surface area contributed by atoms with E-state index < -0.39 is 12.1 Å². The number of carbonyl (C=O) groups excluding carboxylic acids is 2. The summed E-state index contributed by atoms with van der Waals surface area (Å²) in [5, 5.41) is 11.3. The fraction of sp³-hybridized carbons (Fsp3) is 0.385. The molecular weight excluding hydrogens is 280 g/mol. The molecule has 108 valence electrons. The summed E-state index contributed by atoms with van der Waals surface area (Å²) in [5.74, 6) is 0.695. The molecular formula is C13H17ClN4O2. The Bertz CT molecular complexity index is 486. The van der Waals surface area contributed by atoms with Crippen LogP contribution in [0.4, 0.5) is 15.3 Å². The van der Waals surface area contributed by atoms with Gasteiger partial charge in [0.25, 0.3) is 0 Å². The lowest BCUT2D eigenvalue weighted by atomic mass is 10.0. The smallest absolute Gasteiger partial charge is 0.334 e. The number of urea groups is 2. The zero-order valence-corrected chi connectivity index (χ0v) is 12.1. The highest BCUT2D eigenvalue weighted by Crippen LogP contribution is 2.17. The third kappa shape index (κ3) is 5.79. The number of benzene rings is 1. The van der Waals surface area contributed by atoms with Crippen LogP contribution in [0.5, 0.6) is 0 Å². The highest BCUT2D eigenvalue weighted by molar-refractivity contribution is 6.18. The number of hydrogen-bond donors (Lipinski definition) is 2. The maximum atomic E-state index is 11.4. The van der Waals surface area contributed by atoms with Gasteiger partial charge in [-0.2, -0.15) is 0 Å². The summed E-state index contributed by atoms with van der Waals surface area (Å²) >= 11 is 5.38. The zero-order chi connectivity index (χ0) is 15.0. The van der Waals surface area contributed by atoms with E-state index >= 15 is 0 Å². The Balaban J connectivity index is 2.49. The van der Waals surface area contributed by atoms with E-state index in [0.29, 0.717) is 11.6 Å². The van der Waals surface area contributed by atoms with Gasteiger partial charge in [-0.1, -0.05) is 36.2 Å². The molecule has 0 unspecified atom stereocenters. The van der Waals surface area contributed by atoms with Crippen LogP contribution in [0.3, 0.4) is 0 Å². The van der Waals surface area contributed by atoms with E-state index in [0.717, 1.165) is 0 Å². The number of rotatable bonds is 4. The number of carbonyl (C=O) groups is 2. The highest BCUT2D eigenvalue weighted by Gasteiger charge is 2.03. The summed E-state index contributed by atoms with van der Waals surface area (Å²) in [6.45, 7) is 4.44. The minimum Gasteiger partial charge on any atom is -0.334 e. The summed E-state index contributed by atoms with van der Waals surface area (Å²) < 4.78 is 0. The molecule has 20 heavy (non-hydrogen) atoms. The van der Waals surface area contributed by atoms with Crippen LogP contribution in [0.15, 0.2) is 34.5 Å².